The van der Waals surface area contributed by atoms with Crippen LogP contribution in [-0.2, 0) is 27.2 Å². The van der Waals surface area contributed by atoms with Crippen molar-refractivity contribution in [3.05, 3.63) is 0 Å². The van der Waals surface area contributed by atoms with Crippen LogP contribution in [0.5, 0.6) is 0 Å². The molecule has 1 atom stereocenters. The molecule has 4 N–H and O–H groups in total. The van der Waals surface area contributed by atoms with Gasteiger partial charge in [0.15, 0.2) is 0 Å². The Morgan fingerprint density at radius 3 is 2.12 bits per heavy atom. The summed E-state index contributed by atoms with van der Waals surface area (Å²) in [6.45, 7) is 8.73. The topological polar surface area (TPSA) is 78.6 Å². The Bertz CT molecular complexity index is 166. The van der Waals surface area contributed by atoms with Gasteiger partial charge in [0, 0.05) is 24.7 Å². The second kappa shape index (κ2) is 11.6. The van der Waals surface area contributed by atoms with Crippen LogP contribution in [0, 0.1) is 0 Å². The molecule has 0 aliphatic carbocycles. The number of aliphatic hydroxyl groups excluding tert-OH is 1. The Hall–Kier alpha value is 0.0903. The van der Waals surface area contributed by atoms with Gasteiger partial charge in [-0.2, -0.15) is 0 Å². The summed E-state index contributed by atoms with van der Waals surface area (Å²) in [7, 11) is 4.20. The van der Waals surface area contributed by atoms with Crippen molar-refractivity contribution >= 4 is 6.47 Å². The van der Waals surface area contributed by atoms with Crippen LogP contribution in [0.15, 0.2) is 0 Å². The molecule has 0 saturated heterocycles. The number of nitrogens with zero attached hydrogens (tertiary/aromatic N) is 1. The predicted molar refractivity (Wildman–Crippen MR) is 62.6 cm³/mol. The molecule has 0 aromatic rings. The molecule has 0 amide bonds. The Morgan fingerprint density at radius 2 is 1.88 bits per heavy atom. The van der Waals surface area contributed by atoms with Crippen molar-refractivity contribution in [2.24, 2.45) is 5.73 Å². The number of hydrogen-bond donors (Lipinski definition) is 3. The number of rotatable bonds is 5. The molecule has 0 fully saturated rings. The monoisotopic (exact) mass is 325 g/mol. The van der Waals surface area contributed by atoms with Gasteiger partial charge >= 0.3 is 22.4 Å². The molecule has 0 aliphatic rings. The Labute approximate surface area is 114 Å². The molecule has 0 aromatic carbocycles. The molecule has 0 spiro atoms. The van der Waals surface area contributed by atoms with Crippen molar-refractivity contribution < 1.29 is 32.3 Å². The molecule has 16 heavy (non-hydrogen) atoms. The van der Waals surface area contributed by atoms with Gasteiger partial charge in [-0.05, 0) is 34.9 Å². The SMILES string of the molecule is CC(NCCN)C(C)(C)N(C)C.O=[C-]O.[Ag+]. The van der Waals surface area contributed by atoms with Gasteiger partial charge in [-0.25, -0.2) is 0 Å². The maximum Gasteiger partial charge on any atom is 1.00 e. The van der Waals surface area contributed by atoms with E-state index in [4.69, 9.17) is 15.6 Å². The molecule has 0 aliphatic heterocycles. The second-order valence-electron chi connectivity index (χ2n) is 4.10. The Morgan fingerprint density at radius 1 is 1.50 bits per heavy atom. The van der Waals surface area contributed by atoms with E-state index in [2.05, 4.69) is 45.1 Å². The third-order valence-electron chi connectivity index (χ3n) is 2.81. The van der Waals surface area contributed by atoms with Crippen molar-refractivity contribution in [3.63, 3.8) is 0 Å². The standard InChI is InChI=1S/C9H23N3.CHO2.Ag/c1-8(11-7-6-10)9(2,3)12(4)5;2-1-3;/h8,11H,6-7,10H2,1-5H3;(H,2,3);/q;-1;+1. The normalized spacial score (nSPS) is 12.2. The smallest absolute Gasteiger partial charge is 0.665 e. The second-order valence-corrected chi connectivity index (χ2v) is 4.10. The van der Waals surface area contributed by atoms with Gasteiger partial charge in [-0.15, -0.1) is 0 Å². The predicted octanol–water partition coefficient (Wildman–Crippen LogP) is -0.127. The van der Waals surface area contributed by atoms with E-state index in [1.54, 1.807) is 0 Å². The van der Waals surface area contributed by atoms with Crippen LogP contribution in [0.4, 0.5) is 0 Å². The minimum Gasteiger partial charge on any atom is -0.665 e. The zero-order valence-corrected chi connectivity index (χ0v) is 12.2. The van der Waals surface area contributed by atoms with Gasteiger partial charge in [0.2, 0.25) is 0 Å². The van der Waals surface area contributed by atoms with Crippen LogP contribution >= 0.6 is 0 Å². The number of nitrogens with two attached hydrogens (primary N) is 1. The van der Waals surface area contributed by atoms with E-state index in [0.717, 1.165) is 6.54 Å². The molecular weight excluding hydrogens is 302 g/mol. The fourth-order valence-electron chi connectivity index (χ4n) is 0.937. The summed E-state index contributed by atoms with van der Waals surface area (Å²) < 4.78 is 0. The molecule has 0 radical (unpaired) electrons. The van der Waals surface area contributed by atoms with Gasteiger partial charge in [-0.3, -0.25) is 0 Å². The molecule has 0 saturated carbocycles. The van der Waals surface area contributed by atoms with Gasteiger partial charge in [-0.1, -0.05) is 6.47 Å². The summed E-state index contributed by atoms with van der Waals surface area (Å²) in [5, 5.41) is 10.2. The van der Waals surface area contributed by atoms with Crippen LogP contribution in [0.3, 0.4) is 0 Å². The van der Waals surface area contributed by atoms with E-state index >= 15 is 0 Å². The summed E-state index contributed by atoms with van der Waals surface area (Å²) in [6.07, 6.45) is 0. The minimum absolute atomic E-state index is 0. The van der Waals surface area contributed by atoms with Crippen LogP contribution in [0.25, 0.3) is 0 Å². The van der Waals surface area contributed by atoms with Crippen molar-refractivity contribution in [1.29, 1.82) is 0 Å². The maximum absolute atomic E-state index is 8.24. The number of nitrogens with one attached hydrogen (secondary N) is 1. The van der Waals surface area contributed by atoms with Gasteiger partial charge < -0.3 is 25.9 Å². The fraction of sp³-hybridized carbons (Fsp3) is 0.900. The molecule has 5 nitrogen and oxygen atoms in total. The third-order valence-corrected chi connectivity index (χ3v) is 2.81. The van der Waals surface area contributed by atoms with Crippen LogP contribution in [0.2, 0.25) is 0 Å². The summed E-state index contributed by atoms with van der Waals surface area (Å²) >= 11 is 0. The van der Waals surface area contributed by atoms with Crippen molar-refractivity contribution in [3.8, 4) is 0 Å². The van der Waals surface area contributed by atoms with Crippen LogP contribution in [0.1, 0.15) is 20.8 Å². The third kappa shape index (κ3) is 9.33. The molecule has 102 valence electrons. The molecule has 6 heteroatoms. The molecule has 0 bridgehead atoms. The van der Waals surface area contributed by atoms with E-state index in [-0.39, 0.29) is 27.9 Å². The zero-order valence-electron chi connectivity index (χ0n) is 10.7. The first-order valence-electron chi connectivity index (χ1n) is 4.96. The average molecular weight is 326 g/mol. The van der Waals surface area contributed by atoms with Gasteiger partial charge in [0.05, 0.1) is 0 Å². The van der Waals surface area contributed by atoms with Crippen molar-refractivity contribution in [1.82, 2.24) is 10.2 Å². The molecule has 0 heterocycles. The molecular formula is C10H24AgN3O2. The first-order chi connectivity index (χ1) is 6.84. The Balaban J connectivity index is -0.000000377. The Kier molecular flexibility index (Phi) is 15.5. The van der Waals surface area contributed by atoms with Crippen molar-refractivity contribution in [2.45, 2.75) is 32.4 Å². The molecule has 0 aromatic heterocycles. The van der Waals surface area contributed by atoms with Gasteiger partial charge in [0.1, 0.15) is 0 Å². The van der Waals surface area contributed by atoms with Crippen LogP contribution < -0.4 is 11.1 Å². The van der Waals surface area contributed by atoms with Gasteiger partial charge in [0.25, 0.3) is 0 Å². The van der Waals surface area contributed by atoms with E-state index in [1.807, 2.05) is 0 Å². The number of likely N-dealkylation sites (N-methyl/N-ethyl adjacent to an activating group) is 1. The average Bonchev–Trinajstić information content (AvgIpc) is 2.15. The summed E-state index contributed by atoms with van der Waals surface area (Å²) in [5.41, 5.74) is 5.60. The van der Waals surface area contributed by atoms with E-state index in [9.17, 15) is 0 Å². The molecule has 0 rings (SSSR count). The first kappa shape index (κ1) is 21.4. The fourth-order valence-corrected chi connectivity index (χ4v) is 0.937. The zero-order chi connectivity index (χ0) is 12.5. The summed E-state index contributed by atoms with van der Waals surface area (Å²) in [4.78, 5) is 10.5. The number of hydrogen-bond acceptors (Lipinski definition) is 4. The summed E-state index contributed by atoms with van der Waals surface area (Å²) in [6, 6.07) is 0.455. The van der Waals surface area contributed by atoms with Crippen LogP contribution in [-0.4, -0.2) is 55.2 Å². The quantitative estimate of drug-likeness (QED) is 0.485. The molecule has 1 unspecified atom stereocenters. The minimum atomic E-state index is 0. The summed E-state index contributed by atoms with van der Waals surface area (Å²) in [5.74, 6) is 0. The van der Waals surface area contributed by atoms with E-state index < -0.39 is 0 Å². The van der Waals surface area contributed by atoms with E-state index in [1.165, 1.54) is 0 Å². The van der Waals surface area contributed by atoms with Crippen molar-refractivity contribution in [2.75, 3.05) is 27.2 Å². The van der Waals surface area contributed by atoms with E-state index in [0.29, 0.717) is 19.1 Å². The maximum atomic E-state index is 8.24. The largest absolute Gasteiger partial charge is 1.00 e. The first-order valence-corrected chi connectivity index (χ1v) is 4.96.